The number of hydrogen-bond acceptors (Lipinski definition) is 6. The van der Waals surface area contributed by atoms with E-state index in [-0.39, 0.29) is 11.1 Å². The lowest BCUT2D eigenvalue weighted by Gasteiger charge is -2.18. The number of nitro groups is 2. The maximum absolute atomic E-state index is 12.5. The first-order valence-electron chi connectivity index (χ1n) is 6.57. The SMILES string of the molecule is CN(C(=O)c1ccc([N+](=O)[O-])c([N+](=O)[O-])c1)c1ccccc1C#N. The number of nitro benzene ring substituents is 2. The molecular weight excluding hydrogens is 316 g/mol. The summed E-state index contributed by atoms with van der Waals surface area (Å²) in [5, 5.41) is 30.9. The molecule has 1 amide bonds. The molecule has 2 rings (SSSR count). The molecule has 0 aliphatic carbocycles. The van der Waals surface area contributed by atoms with Crippen LogP contribution < -0.4 is 4.90 Å². The van der Waals surface area contributed by atoms with Gasteiger partial charge in [-0.25, -0.2) is 0 Å². The highest BCUT2D eigenvalue weighted by Gasteiger charge is 2.27. The summed E-state index contributed by atoms with van der Waals surface area (Å²) in [6.45, 7) is 0. The monoisotopic (exact) mass is 326 g/mol. The quantitative estimate of drug-likeness (QED) is 0.627. The van der Waals surface area contributed by atoms with Crippen LogP contribution in [0.15, 0.2) is 42.5 Å². The van der Waals surface area contributed by atoms with Crippen molar-refractivity contribution in [1.29, 1.82) is 5.26 Å². The van der Waals surface area contributed by atoms with Crippen molar-refractivity contribution in [2.75, 3.05) is 11.9 Å². The Bertz CT molecular complexity index is 888. The van der Waals surface area contributed by atoms with Crippen molar-refractivity contribution in [3.05, 3.63) is 73.8 Å². The van der Waals surface area contributed by atoms with Crippen molar-refractivity contribution in [1.82, 2.24) is 0 Å². The zero-order valence-corrected chi connectivity index (χ0v) is 12.4. The zero-order valence-electron chi connectivity index (χ0n) is 12.4. The van der Waals surface area contributed by atoms with Crippen molar-refractivity contribution in [2.24, 2.45) is 0 Å². The van der Waals surface area contributed by atoms with Crippen LogP contribution in [0.1, 0.15) is 15.9 Å². The van der Waals surface area contributed by atoms with E-state index in [2.05, 4.69) is 0 Å². The van der Waals surface area contributed by atoms with E-state index in [1.54, 1.807) is 18.2 Å². The molecule has 120 valence electrons. The van der Waals surface area contributed by atoms with Crippen LogP contribution in [0.4, 0.5) is 17.1 Å². The number of nitriles is 1. The second kappa shape index (κ2) is 6.53. The second-order valence-corrected chi connectivity index (χ2v) is 4.71. The molecule has 0 aliphatic rings. The zero-order chi connectivity index (χ0) is 17.9. The van der Waals surface area contributed by atoms with Crippen LogP contribution in [0.2, 0.25) is 0 Å². The van der Waals surface area contributed by atoms with Crippen LogP contribution in [-0.4, -0.2) is 22.8 Å². The normalized spacial score (nSPS) is 9.83. The number of para-hydroxylation sites is 1. The van der Waals surface area contributed by atoms with E-state index < -0.39 is 27.1 Å². The third kappa shape index (κ3) is 3.02. The first-order valence-corrected chi connectivity index (χ1v) is 6.57. The van der Waals surface area contributed by atoms with Gasteiger partial charge in [-0.2, -0.15) is 5.26 Å². The van der Waals surface area contributed by atoms with Crippen molar-refractivity contribution < 1.29 is 14.6 Å². The smallest absolute Gasteiger partial charge is 0.310 e. The van der Waals surface area contributed by atoms with Gasteiger partial charge in [-0.15, -0.1) is 0 Å². The van der Waals surface area contributed by atoms with Crippen LogP contribution >= 0.6 is 0 Å². The summed E-state index contributed by atoms with van der Waals surface area (Å²) in [6, 6.07) is 11.2. The van der Waals surface area contributed by atoms with Crippen molar-refractivity contribution in [3.63, 3.8) is 0 Å². The molecule has 9 nitrogen and oxygen atoms in total. The lowest BCUT2D eigenvalue weighted by molar-refractivity contribution is -0.422. The van der Waals surface area contributed by atoms with Gasteiger partial charge in [0.25, 0.3) is 5.91 Å². The Morgan fingerprint density at radius 3 is 2.29 bits per heavy atom. The fourth-order valence-corrected chi connectivity index (χ4v) is 2.12. The molecule has 0 fully saturated rings. The average Bonchev–Trinajstić information content (AvgIpc) is 2.59. The van der Waals surface area contributed by atoms with E-state index in [4.69, 9.17) is 5.26 Å². The molecule has 0 aliphatic heterocycles. The van der Waals surface area contributed by atoms with Gasteiger partial charge in [0.15, 0.2) is 0 Å². The molecule has 0 atom stereocenters. The number of hydrogen-bond donors (Lipinski definition) is 0. The van der Waals surface area contributed by atoms with Gasteiger partial charge in [0, 0.05) is 24.7 Å². The van der Waals surface area contributed by atoms with Crippen molar-refractivity contribution in [2.45, 2.75) is 0 Å². The van der Waals surface area contributed by atoms with Gasteiger partial charge >= 0.3 is 11.4 Å². The molecule has 0 unspecified atom stereocenters. The summed E-state index contributed by atoms with van der Waals surface area (Å²) >= 11 is 0. The number of benzene rings is 2. The van der Waals surface area contributed by atoms with Gasteiger partial charge in [-0.3, -0.25) is 25.0 Å². The van der Waals surface area contributed by atoms with E-state index >= 15 is 0 Å². The number of carbonyl (C=O) groups is 1. The van der Waals surface area contributed by atoms with Gasteiger partial charge in [-0.05, 0) is 18.2 Å². The minimum Gasteiger partial charge on any atom is -0.310 e. The van der Waals surface area contributed by atoms with Gasteiger partial charge < -0.3 is 4.90 Å². The minimum atomic E-state index is -0.919. The van der Waals surface area contributed by atoms with Crippen molar-refractivity contribution >= 4 is 23.0 Å². The fourth-order valence-electron chi connectivity index (χ4n) is 2.12. The Balaban J connectivity index is 2.47. The fraction of sp³-hybridized carbons (Fsp3) is 0.0667. The molecule has 9 heteroatoms. The Morgan fingerprint density at radius 1 is 1.08 bits per heavy atom. The van der Waals surface area contributed by atoms with E-state index in [9.17, 15) is 25.0 Å². The summed E-state index contributed by atoms with van der Waals surface area (Å²) in [5.74, 6) is -0.629. The summed E-state index contributed by atoms with van der Waals surface area (Å²) in [6.07, 6.45) is 0. The van der Waals surface area contributed by atoms with E-state index in [0.717, 1.165) is 23.1 Å². The molecule has 0 heterocycles. The minimum absolute atomic E-state index is 0.0949. The lowest BCUT2D eigenvalue weighted by atomic mass is 10.1. The Labute approximate surface area is 135 Å². The largest absolute Gasteiger partial charge is 0.346 e. The Kier molecular flexibility index (Phi) is 4.51. The molecule has 2 aromatic rings. The van der Waals surface area contributed by atoms with E-state index in [1.165, 1.54) is 13.1 Å². The number of carbonyl (C=O) groups excluding carboxylic acids is 1. The highest BCUT2D eigenvalue weighted by atomic mass is 16.6. The Morgan fingerprint density at radius 2 is 1.71 bits per heavy atom. The third-order valence-corrected chi connectivity index (χ3v) is 3.31. The number of rotatable bonds is 4. The second-order valence-electron chi connectivity index (χ2n) is 4.71. The van der Waals surface area contributed by atoms with Crippen LogP contribution in [0, 0.1) is 31.6 Å². The molecule has 0 saturated heterocycles. The molecule has 2 aromatic carbocycles. The molecule has 0 N–H and O–H groups in total. The summed E-state index contributed by atoms with van der Waals surface area (Å²) in [4.78, 5) is 33.6. The Hall–Kier alpha value is -3.80. The van der Waals surface area contributed by atoms with Crippen LogP contribution in [0.3, 0.4) is 0 Å². The van der Waals surface area contributed by atoms with Gasteiger partial charge in [0.05, 0.1) is 21.1 Å². The molecule has 0 spiro atoms. The van der Waals surface area contributed by atoms with Gasteiger partial charge in [0.1, 0.15) is 6.07 Å². The number of amides is 1. The van der Waals surface area contributed by atoms with Gasteiger partial charge in [-0.1, -0.05) is 12.1 Å². The van der Waals surface area contributed by atoms with Crippen LogP contribution in [0.25, 0.3) is 0 Å². The van der Waals surface area contributed by atoms with E-state index in [1.807, 2.05) is 6.07 Å². The highest BCUT2D eigenvalue weighted by molar-refractivity contribution is 6.07. The standard InChI is InChI=1S/C15H10N4O5/c1-17(12-5-3-2-4-11(12)9-16)15(20)10-6-7-13(18(21)22)14(8-10)19(23)24/h2-8H,1H3. The summed E-state index contributed by atoms with van der Waals surface area (Å²) in [7, 11) is 1.41. The maximum atomic E-state index is 12.5. The first kappa shape index (κ1) is 16.6. The van der Waals surface area contributed by atoms with E-state index in [0.29, 0.717) is 5.69 Å². The molecular formula is C15H10N4O5. The maximum Gasteiger partial charge on any atom is 0.346 e. The molecule has 24 heavy (non-hydrogen) atoms. The third-order valence-electron chi connectivity index (χ3n) is 3.31. The average molecular weight is 326 g/mol. The molecule has 0 saturated carbocycles. The first-order chi connectivity index (χ1) is 11.4. The number of nitrogens with zero attached hydrogens (tertiary/aromatic N) is 4. The molecule has 0 radical (unpaired) electrons. The summed E-state index contributed by atoms with van der Waals surface area (Å²) in [5.41, 5.74) is -0.984. The number of anilines is 1. The molecule has 0 aromatic heterocycles. The summed E-state index contributed by atoms with van der Waals surface area (Å²) < 4.78 is 0. The van der Waals surface area contributed by atoms with Crippen LogP contribution in [-0.2, 0) is 0 Å². The van der Waals surface area contributed by atoms with Crippen molar-refractivity contribution in [3.8, 4) is 6.07 Å². The lowest BCUT2D eigenvalue weighted by Crippen LogP contribution is -2.27. The highest BCUT2D eigenvalue weighted by Crippen LogP contribution is 2.29. The van der Waals surface area contributed by atoms with Crippen LogP contribution in [0.5, 0.6) is 0 Å². The topological polar surface area (TPSA) is 130 Å². The van der Waals surface area contributed by atoms with Gasteiger partial charge in [0.2, 0.25) is 0 Å². The molecule has 0 bridgehead atoms. The predicted octanol–water partition coefficient (Wildman–Crippen LogP) is 2.65. The predicted molar refractivity (Wildman–Crippen MR) is 83.6 cm³/mol.